The molecule has 0 saturated carbocycles. The van der Waals surface area contributed by atoms with E-state index in [4.69, 9.17) is 0 Å². The van der Waals surface area contributed by atoms with Gasteiger partial charge < -0.3 is 5.11 Å². The molecule has 0 bridgehead atoms. The molecule has 2 aromatic carbocycles. The summed E-state index contributed by atoms with van der Waals surface area (Å²) in [6, 6.07) is 11.3. The fourth-order valence-electron chi connectivity index (χ4n) is 2.28. The molecule has 0 unspecified atom stereocenters. The largest absolute Gasteiger partial charge is 0.508 e. The summed E-state index contributed by atoms with van der Waals surface area (Å²) in [4.78, 5) is 11.1. The van der Waals surface area contributed by atoms with Crippen LogP contribution >= 0.6 is 0 Å². The molecule has 2 N–H and O–H groups in total. The molecule has 106 valence electrons. The van der Waals surface area contributed by atoms with Gasteiger partial charge in [0.1, 0.15) is 11.6 Å². The van der Waals surface area contributed by atoms with E-state index in [-0.39, 0.29) is 11.7 Å². The molecule has 0 saturated heterocycles. The lowest BCUT2D eigenvalue weighted by molar-refractivity contribution is -0.121. The van der Waals surface area contributed by atoms with E-state index in [1.54, 1.807) is 24.3 Å². The Labute approximate surface area is 120 Å². The van der Waals surface area contributed by atoms with Gasteiger partial charge in [0.2, 0.25) is 5.91 Å². The summed E-state index contributed by atoms with van der Waals surface area (Å²) in [5.41, 5.74) is 4.73. The summed E-state index contributed by atoms with van der Waals surface area (Å²) < 4.78 is 14.3. The Balaban J connectivity index is 1.95. The number of hydrogen-bond acceptors (Lipinski definition) is 3. The molecule has 0 fully saturated rings. The van der Waals surface area contributed by atoms with E-state index in [2.05, 4.69) is 10.5 Å². The number of benzene rings is 2. The van der Waals surface area contributed by atoms with E-state index in [1.165, 1.54) is 18.2 Å². The molecule has 1 amide bonds. The lowest BCUT2D eigenvalue weighted by atomic mass is 9.99. The van der Waals surface area contributed by atoms with Crippen molar-refractivity contribution < 1.29 is 14.3 Å². The van der Waals surface area contributed by atoms with Gasteiger partial charge in [0.25, 0.3) is 0 Å². The molecule has 1 aliphatic heterocycles. The number of hydrazone groups is 1. The van der Waals surface area contributed by atoms with Gasteiger partial charge in [-0.1, -0.05) is 24.3 Å². The lowest BCUT2D eigenvalue weighted by Crippen LogP contribution is -2.25. The van der Waals surface area contributed by atoms with E-state index < -0.39 is 5.82 Å². The van der Waals surface area contributed by atoms with Crippen molar-refractivity contribution in [2.24, 2.45) is 5.10 Å². The van der Waals surface area contributed by atoms with Gasteiger partial charge in [0, 0.05) is 24.0 Å². The molecule has 0 atom stereocenters. The summed E-state index contributed by atoms with van der Waals surface area (Å²) in [6.45, 7) is 0. The van der Waals surface area contributed by atoms with E-state index in [1.807, 2.05) is 0 Å². The lowest BCUT2D eigenvalue weighted by Gasteiger charge is -2.13. The molecule has 1 heterocycles. The van der Waals surface area contributed by atoms with E-state index in [0.717, 1.165) is 0 Å². The Morgan fingerprint density at radius 3 is 2.62 bits per heavy atom. The molecule has 1 aliphatic rings. The minimum atomic E-state index is -0.391. The van der Waals surface area contributed by atoms with E-state index in [0.29, 0.717) is 35.2 Å². The number of nitrogens with one attached hydrogen (secondary N) is 1. The van der Waals surface area contributed by atoms with Crippen LogP contribution in [0.1, 0.15) is 18.4 Å². The third-order valence-corrected chi connectivity index (χ3v) is 3.36. The van der Waals surface area contributed by atoms with E-state index in [9.17, 15) is 14.3 Å². The van der Waals surface area contributed by atoms with E-state index >= 15 is 0 Å². The van der Waals surface area contributed by atoms with Crippen molar-refractivity contribution in [3.05, 3.63) is 53.8 Å². The average Bonchev–Trinajstić information content (AvgIpc) is 2.48. The SMILES string of the molecule is O=C1CCC(c2ccc(-c3cccc(O)c3)c(F)c2)=NN1. The van der Waals surface area contributed by atoms with Crippen LogP contribution < -0.4 is 5.43 Å². The van der Waals surface area contributed by atoms with Crippen LogP contribution in [0, 0.1) is 5.82 Å². The minimum Gasteiger partial charge on any atom is -0.508 e. The first-order chi connectivity index (χ1) is 10.1. The van der Waals surface area contributed by atoms with Crippen LogP contribution in [-0.2, 0) is 4.79 Å². The van der Waals surface area contributed by atoms with Crippen LogP contribution in [0.25, 0.3) is 11.1 Å². The molecule has 21 heavy (non-hydrogen) atoms. The number of phenolic OH excluding ortho intramolecular Hbond substituents is 1. The summed E-state index contributed by atoms with van der Waals surface area (Å²) >= 11 is 0. The normalized spacial score (nSPS) is 14.5. The smallest absolute Gasteiger partial charge is 0.240 e. The van der Waals surface area contributed by atoms with Crippen molar-refractivity contribution in [2.75, 3.05) is 0 Å². The number of aromatic hydroxyl groups is 1. The first-order valence-electron chi connectivity index (χ1n) is 6.58. The standard InChI is InChI=1S/C16H13FN2O2/c17-14-9-11(15-6-7-16(21)19-18-15)4-5-13(14)10-2-1-3-12(20)8-10/h1-5,8-9,20H,6-7H2,(H,19,21). The summed E-state index contributed by atoms with van der Waals surface area (Å²) in [5.74, 6) is -0.427. The third kappa shape index (κ3) is 2.76. The molecular weight excluding hydrogens is 271 g/mol. The predicted molar refractivity (Wildman–Crippen MR) is 77.4 cm³/mol. The number of carbonyl (C=O) groups is 1. The maximum atomic E-state index is 14.3. The topological polar surface area (TPSA) is 61.7 Å². The zero-order chi connectivity index (χ0) is 14.8. The highest BCUT2D eigenvalue weighted by Gasteiger charge is 2.15. The van der Waals surface area contributed by atoms with Crippen molar-refractivity contribution >= 4 is 11.6 Å². The maximum Gasteiger partial charge on any atom is 0.240 e. The highest BCUT2D eigenvalue weighted by molar-refractivity contribution is 6.04. The Bertz CT molecular complexity index is 741. The fraction of sp³-hybridized carbons (Fsp3) is 0.125. The van der Waals surface area contributed by atoms with Crippen LogP contribution in [0.15, 0.2) is 47.6 Å². The molecule has 0 aliphatic carbocycles. The van der Waals surface area contributed by atoms with Crippen LogP contribution in [0.5, 0.6) is 5.75 Å². The molecule has 5 heteroatoms. The first kappa shape index (κ1) is 13.3. The van der Waals surface area contributed by atoms with Gasteiger partial charge in [-0.3, -0.25) is 4.79 Å². The van der Waals surface area contributed by atoms with Crippen molar-refractivity contribution in [1.82, 2.24) is 5.43 Å². The molecule has 0 radical (unpaired) electrons. The number of hydrogen-bond donors (Lipinski definition) is 2. The number of phenols is 1. The summed E-state index contributed by atoms with van der Waals surface area (Å²) in [5, 5.41) is 13.4. The van der Waals surface area contributed by atoms with Gasteiger partial charge in [0.05, 0.1) is 5.71 Å². The third-order valence-electron chi connectivity index (χ3n) is 3.36. The fourth-order valence-corrected chi connectivity index (χ4v) is 2.28. The molecule has 0 spiro atoms. The molecule has 4 nitrogen and oxygen atoms in total. The Hall–Kier alpha value is -2.69. The van der Waals surface area contributed by atoms with Crippen LogP contribution in [-0.4, -0.2) is 16.7 Å². The van der Waals surface area contributed by atoms with Crippen LogP contribution in [0.2, 0.25) is 0 Å². The number of nitrogens with zero attached hydrogens (tertiary/aromatic N) is 1. The molecule has 2 aromatic rings. The van der Waals surface area contributed by atoms with Gasteiger partial charge in [-0.05, 0) is 23.8 Å². The molecular formula is C16H13FN2O2. The van der Waals surface area contributed by atoms with Crippen molar-refractivity contribution in [3.8, 4) is 16.9 Å². The Morgan fingerprint density at radius 1 is 1.10 bits per heavy atom. The van der Waals surface area contributed by atoms with Gasteiger partial charge in [0.15, 0.2) is 0 Å². The van der Waals surface area contributed by atoms with Gasteiger partial charge >= 0.3 is 0 Å². The summed E-state index contributed by atoms with van der Waals surface area (Å²) in [7, 11) is 0. The zero-order valence-electron chi connectivity index (χ0n) is 11.1. The highest BCUT2D eigenvalue weighted by atomic mass is 19.1. The Kier molecular flexibility index (Phi) is 3.39. The van der Waals surface area contributed by atoms with Crippen LogP contribution in [0.3, 0.4) is 0 Å². The highest BCUT2D eigenvalue weighted by Crippen LogP contribution is 2.27. The second-order valence-corrected chi connectivity index (χ2v) is 4.84. The summed E-state index contributed by atoms with van der Waals surface area (Å²) in [6.07, 6.45) is 0.853. The average molecular weight is 284 g/mol. The number of rotatable bonds is 2. The second-order valence-electron chi connectivity index (χ2n) is 4.84. The van der Waals surface area contributed by atoms with Gasteiger partial charge in [-0.2, -0.15) is 5.10 Å². The van der Waals surface area contributed by atoms with Crippen molar-refractivity contribution in [1.29, 1.82) is 0 Å². The van der Waals surface area contributed by atoms with Gasteiger partial charge in [-0.25, -0.2) is 9.82 Å². The van der Waals surface area contributed by atoms with Crippen molar-refractivity contribution in [3.63, 3.8) is 0 Å². The molecule has 3 rings (SSSR count). The molecule has 0 aromatic heterocycles. The Morgan fingerprint density at radius 2 is 1.95 bits per heavy atom. The zero-order valence-corrected chi connectivity index (χ0v) is 11.1. The van der Waals surface area contributed by atoms with Crippen LogP contribution in [0.4, 0.5) is 4.39 Å². The van der Waals surface area contributed by atoms with Gasteiger partial charge in [-0.15, -0.1) is 0 Å². The van der Waals surface area contributed by atoms with Crippen molar-refractivity contribution in [2.45, 2.75) is 12.8 Å². The first-order valence-corrected chi connectivity index (χ1v) is 6.58. The second kappa shape index (κ2) is 5.36. The predicted octanol–water partition coefficient (Wildman–Crippen LogP) is 2.81. The number of amides is 1. The number of halogens is 1. The monoisotopic (exact) mass is 284 g/mol. The minimum absolute atomic E-state index is 0.0929. The maximum absolute atomic E-state index is 14.3. The quantitative estimate of drug-likeness (QED) is 0.890. The number of carbonyl (C=O) groups excluding carboxylic acids is 1.